The summed E-state index contributed by atoms with van der Waals surface area (Å²) in [5.41, 5.74) is 4.34. The summed E-state index contributed by atoms with van der Waals surface area (Å²) in [6.07, 6.45) is 0.516. The van der Waals surface area contributed by atoms with Crippen LogP contribution in [0.1, 0.15) is 23.0 Å². The zero-order valence-corrected chi connectivity index (χ0v) is 20.1. The van der Waals surface area contributed by atoms with Gasteiger partial charge in [-0.25, -0.2) is 9.37 Å². The molecule has 182 valence electrons. The lowest BCUT2D eigenvalue weighted by Crippen LogP contribution is -2.26. The van der Waals surface area contributed by atoms with Crippen molar-refractivity contribution >= 4 is 27.7 Å². The van der Waals surface area contributed by atoms with Crippen molar-refractivity contribution in [1.82, 2.24) is 15.3 Å². The number of ether oxygens (including phenoxy) is 2. The van der Waals surface area contributed by atoms with Gasteiger partial charge in [0.2, 0.25) is 0 Å². The number of benzene rings is 3. The Morgan fingerprint density at radius 1 is 1.00 bits per heavy atom. The van der Waals surface area contributed by atoms with Crippen LogP contribution in [0.25, 0.3) is 33.1 Å². The molecular weight excluding hydrogens is 457 g/mol. The highest BCUT2D eigenvalue weighted by Crippen LogP contribution is 2.36. The molecule has 2 N–H and O–H groups in total. The fourth-order valence-electron chi connectivity index (χ4n) is 4.36. The van der Waals surface area contributed by atoms with E-state index < -0.39 is 0 Å². The summed E-state index contributed by atoms with van der Waals surface area (Å²) in [6.45, 7) is 2.80. The van der Waals surface area contributed by atoms with Crippen LogP contribution in [0, 0.1) is 5.82 Å². The van der Waals surface area contributed by atoms with Crippen LogP contribution in [-0.4, -0.2) is 36.1 Å². The Kier molecular flexibility index (Phi) is 6.54. The van der Waals surface area contributed by atoms with Crippen LogP contribution in [0.15, 0.2) is 72.8 Å². The first kappa shape index (κ1) is 23.4. The summed E-state index contributed by atoms with van der Waals surface area (Å²) in [4.78, 5) is 21.4. The standard InChI is InChI=1S/C29H26FN3O3/c1-3-36-25-12-11-19(16-26(25)35-2)27-28-22(21-9-4-5-10-23(21)32-28)17-24(33-27)29(34)31-14-13-18-7-6-8-20(30)15-18/h4-12,15-17,32H,3,13-14H2,1-2H3,(H,31,34). The first-order chi connectivity index (χ1) is 17.6. The molecule has 2 heterocycles. The molecule has 5 aromatic rings. The number of halogens is 1. The summed E-state index contributed by atoms with van der Waals surface area (Å²) < 4.78 is 24.7. The number of hydrogen-bond acceptors (Lipinski definition) is 4. The minimum atomic E-state index is -0.294. The predicted octanol–water partition coefficient (Wildman–Crippen LogP) is 5.90. The zero-order chi connectivity index (χ0) is 25.1. The van der Waals surface area contributed by atoms with E-state index in [9.17, 15) is 9.18 Å². The average Bonchev–Trinajstić information content (AvgIpc) is 3.27. The van der Waals surface area contributed by atoms with E-state index in [1.807, 2.05) is 55.5 Å². The zero-order valence-electron chi connectivity index (χ0n) is 20.1. The fourth-order valence-corrected chi connectivity index (χ4v) is 4.36. The third kappa shape index (κ3) is 4.60. The Hall–Kier alpha value is -4.39. The van der Waals surface area contributed by atoms with Crippen molar-refractivity contribution in [3.8, 4) is 22.8 Å². The first-order valence-corrected chi connectivity index (χ1v) is 11.8. The number of nitrogens with zero attached hydrogens (tertiary/aromatic N) is 1. The van der Waals surface area contributed by atoms with Crippen molar-refractivity contribution < 1.29 is 18.7 Å². The second-order valence-corrected chi connectivity index (χ2v) is 8.38. The molecule has 2 aromatic heterocycles. The number of rotatable bonds is 8. The molecule has 0 aliphatic carbocycles. The summed E-state index contributed by atoms with van der Waals surface area (Å²) in [6, 6.07) is 21.7. The third-order valence-electron chi connectivity index (χ3n) is 6.05. The molecule has 0 unspecified atom stereocenters. The highest BCUT2D eigenvalue weighted by Gasteiger charge is 2.18. The Morgan fingerprint density at radius 2 is 1.86 bits per heavy atom. The van der Waals surface area contributed by atoms with Crippen molar-refractivity contribution in [3.05, 3.63) is 89.9 Å². The first-order valence-electron chi connectivity index (χ1n) is 11.8. The molecule has 0 saturated carbocycles. The van der Waals surface area contributed by atoms with Crippen molar-refractivity contribution in [1.29, 1.82) is 0 Å². The number of nitrogens with one attached hydrogen (secondary N) is 2. The maximum atomic E-state index is 13.5. The van der Waals surface area contributed by atoms with Gasteiger partial charge in [0.15, 0.2) is 11.5 Å². The smallest absolute Gasteiger partial charge is 0.269 e. The molecule has 0 radical (unpaired) electrons. The number of carbonyl (C=O) groups is 1. The lowest BCUT2D eigenvalue weighted by atomic mass is 10.1. The number of fused-ring (bicyclic) bond motifs is 3. The fraction of sp³-hybridized carbons (Fsp3) is 0.172. The van der Waals surface area contributed by atoms with Gasteiger partial charge in [0.1, 0.15) is 11.5 Å². The number of aromatic amines is 1. The highest BCUT2D eigenvalue weighted by atomic mass is 19.1. The normalized spacial score (nSPS) is 11.1. The molecule has 6 nitrogen and oxygen atoms in total. The Labute approximate surface area is 208 Å². The van der Waals surface area contributed by atoms with Gasteiger partial charge in [-0.05, 0) is 61.4 Å². The second-order valence-electron chi connectivity index (χ2n) is 8.38. The van der Waals surface area contributed by atoms with Crippen LogP contribution in [0.3, 0.4) is 0 Å². The van der Waals surface area contributed by atoms with Crippen LogP contribution in [0.4, 0.5) is 4.39 Å². The predicted molar refractivity (Wildman–Crippen MR) is 139 cm³/mol. The van der Waals surface area contributed by atoms with E-state index in [4.69, 9.17) is 14.5 Å². The number of amides is 1. The molecule has 3 aromatic carbocycles. The van der Waals surface area contributed by atoms with E-state index in [-0.39, 0.29) is 11.7 Å². The topological polar surface area (TPSA) is 76.2 Å². The maximum Gasteiger partial charge on any atom is 0.269 e. The highest BCUT2D eigenvalue weighted by molar-refractivity contribution is 6.13. The van der Waals surface area contributed by atoms with Crippen molar-refractivity contribution in [2.75, 3.05) is 20.3 Å². The SMILES string of the molecule is CCOc1ccc(-c2nc(C(=O)NCCc3cccc(F)c3)cc3c2[nH]c2ccccc23)cc1OC. The van der Waals surface area contributed by atoms with Gasteiger partial charge >= 0.3 is 0 Å². The maximum absolute atomic E-state index is 13.5. The van der Waals surface area contributed by atoms with Gasteiger partial charge in [0.25, 0.3) is 5.91 Å². The lowest BCUT2D eigenvalue weighted by molar-refractivity contribution is 0.0949. The molecule has 1 amide bonds. The third-order valence-corrected chi connectivity index (χ3v) is 6.05. The van der Waals surface area contributed by atoms with E-state index in [0.717, 1.165) is 32.9 Å². The minimum absolute atomic E-state index is 0.291. The van der Waals surface area contributed by atoms with Crippen molar-refractivity contribution in [2.45, 2.75) is 13.3 Å². The largest absolute Gasteiger partial charge is 0.493 e. The molecule has 0 spiro atoms. The van der Waals surface area contributed by atoms with Crippen LogP contribution < -0.4 is 14.8 Å². The van der Waals surface area contributed by atoms with Gasteiger partial charge in [-0.2, -0.15) is 0 Å². The van der Waals surface area contributed by atoms with Crippen LogP contribution in [0.5, 0.6) is 11.5 Å². The minimum Gasteiger partial charge on any atom is -0.493 e. The molecule has 0 aliphatic rings. The molecule has 5 rings (SSSR count). The Bertz CT molecular complexity index is 1560. The average molecular weight is 484 g/mol. The molecule has 0 saturated heterocycles. The van der Waals surface area contributed by atoms with Crippen LogP contribution in [-0.2, 0) is 6.42 Å². The summed E-state index contributed by atoms with van der Waals surface area (Å²) in [7, 11) is 1.59. The van der Waals surface area contributed by atoms with Crippen LogP contribution in [0.2, 0.25) is 0 Å². The van der Waals surface area contributed by atoms with Gasteiger partial charge in [0.05, 0.1) is 24.9 Å². The van der Waals surface area contributed by atoms with Crippen molar-refractivity contribution in [3.63, 3.8) is 0 Å². The van der Waals surface area contributed by atoms with E-state index >= 15 is 0 Å². The lowest BCUT2D eigenvalue weighted by Gasteiger charge is -2.12. The van der Waals surface area contributed by atoms with E-state index in [1.165, 1.54) is 12.1 Å². The van der Waals surface area contributed by atoms with Gasteiger partial charge in [-0.3, -0.25) is 4.79 Å². The van der Waals surface area contributed by atoms with Gasteiger partial charge in [0, 0.05) is 28.4 Å². The molecular formula is C29H26FN3O3. The quantitative estimate of drug-likeness (QED) is 0.288. The number of pyridine rings is 1. The molecule has 0 bridgehead atoms. The summed E-state index contributed by atoms with van der Waals surface area (Å²) >= 11 is 0. The number of carbonyl (C=O) groups excluding carboxylic acids is 1. The number of methoxy groups -OCH3 is 1. The Morgan fingerprint density at radius 3 is 2.67 bits per heavy atom. The van der Waals surface area contributed by atoms with Crippen LogP contribution >= 0.6 is 0 Å². The molecule has 36 heavy (non-hydrogen) atoms. The molecule has 0 aliphatic heterocycles. The molecule has 0 fully saturated rings. The summed E-state index contributed by atoms with van der Waals surface area (Å²) in [5, 5.41) is 4.82. The van der Waals surface area contributed by atoms with Gasteiger partial charge < -0.3 is 19.8 Å². The van der Waals surface area contributed by atoms with Gasteiger partial charge in [-0.1, -0.05) is 30.3 Å². The summed E-state index contributed by atoms with van der Waals surface area (Å²) in [5.74, 6) is 0.645. The molecule has 0 atom stereocenters. The monoisotopic (exact) mass is 483 g/mol. The van der Waals surface area contributed by atoms with E-state index in [2.05, 4.69) is 10.3 Å². The number of H-pyrrole nitrogens is 1. The van der Waals surface area contributed by atoms with E-state index in [0.29, 0.717) is 42.5 Å². The van der Waals surface area contributed by atoms with E-state index in [1.54, 1.807) is 19.2 Å². The van der Waals surface area contributed by atoms with Crippen molar-refractivity contribution in [2.24, 2.45) is 0 Å². The molecule has 7 heteroatoms. The number of hydrogen-bond donors (Lipinski definition) is 2. The van der Waals surface area contributed by atoms with Gasteiger partial charge in [-0.15, -0.1) is 0 Å². The Balaban J connectivity index is 1.54. The number of aromatic nitrogens is 2. The second kappa shape index (κ2) is 10.1. The number of para-hydroxylation sites is 1.